The van der Waals surface area contributed by atoms with Crippen molar-refractivity contribution in [2.45, 2.75) is 43.9 Å². The van der Waals surface area contributed by atoms with Crippen LogP contribution in [0.25, 0.3) is 53.5 Å². The quantitative estimate of drug-likeness (QED) is 0.130. The van der Waals surface area contributed by atoms with Crippen LogP contribution in [0, 0.1) is 24.9 Å². The normalized spacial score (nSPS) is 12.0. The van der Waals surface area contributed by atoms with E-state index in [0.717, 1.165) is 59.0 Å². The van der Waals surface area contributed by atoms with Crippen LogP contribution in [0.5, 0.6) is 0 Å². The van der Waals surface area contributed by atoms with E-state index >= 15 is 0 Å². The predicted molar refractivity (Wildman–Crippen MR) is 189 cm³/mol. The summed E-state index contributed by atoms with van der Waals surface area (Å²) in [6.45, 7) is 5.95. The maximum Gasteiger partial charge on any atom is 0.123 e. The number of benzene rings is 4. The average molecular weight is 849 g/mol. The molecule has 0 fully saturated rings. The Morgan fingerprint density at radius 2 is 1.60 bits per heavy atom. The summed E-state index contributed by atoms with van der Waals surface area (Å²) >= 11 is -0.0814. The minimum Gasteiger partial charge on any atom is -0.305 e. The smallest absolute Gasteiger partial charge is 0.123 e. The third-order valence-electron chi connectivity index (χ3n) is 7.87. The monoisotopic (exact) mass is 850 g/mol. The van der Waals surface area contributed by atoms with Crippen molar-refractivity contribution in [3.05, 3.63) is 126 Å². The van der Waals surface area contributed by atoms with Gasteiger partial charge in [-0.3, -0.25) is 0 Å². The largest absolute Gasteiger partial charge is 0.305 e. The Labute approximate surface area is 286 Å². The number of rotatable bonds is 4. The average Bonchev–Trinajstić information content (AvgIpc) is 3.40. The summed E-state index contributed by atoms with van der Waals surface area (Å²) in [5, 5.41) is 4.27. The summed E-state index contributed by atoms with van der Waals surface area (Å²) in [4.78, 5) is 9.15. The van der Waals surface area contributed by atoms with Crippen molar-refractivity contribution in [3.8, 4) is 22.5 Å². The van der Waals surface area contributed by atoms with Crippen LogP contribution in [0.1, 0.15) is 32.2 Å². The van der Waals surface area contributed by atoms with Gasteiger partial charge in [0.05, 0.1) is 0 Å². The molecule has 3 heterocycles. The van der Waals surface area contributed by atoms with E-state index in [4.69, 9.17) is 1.37 Å². The second-order valence-corrected chi connectivity index (χ2v) is 23.9. The third-order valence-corrected chi connectivity index (χ3v) is 13.6. The number of aromatic nitrogens is 2. The summed E-state index contributed by atoms with van der Waals surface area (Å²) in [6, 6.07) is 33.6. The van der Waals surface area contributed by atoms with Crippen LogP contribution in [0.3, 0.4) is 0 Å². The SMILES string of the molecule is Cc1cc(-c2[c-]cccc2)nc[c]1[Ge]([CH3])([CH3])[CH3].[2H]C(C)(C)c1ccnc(-c2[c-]ccc3c2sc2c4ccc(F)cc4ccc32)c1.[Ir]. The zero-order valence-corrected chi connectivity index (χ0v) is 31.6. The van der Waals surface area contributed by atoms with Crippen LogP contribution in [-0.2, 0) is 20.1 Å². The molecular formula is C39H35FGeIrN2S-2. The molecule has 0 unspecified atom stereocenters. The Morgan fingerprint density at radius 3 is 2.31 bits per heavy atom. The Morgan fingerprint density at radius 1 is 0.822 bits per heavy atom. The first-order chi connectivity index (χ1) is 21.4. The molecule has 0 saturated carbocycles. The van der Waals surface area contributed by atoms with Crippen LogP contribution in [0.4, 0.5) is 4.39 Å². The molecule has 0 spiro atoms. The zero-order valence-electron chi connectivity index (χ0n) is 27.3. The number of hydrogen-bond acceptors (Lipinski definition) is 3. The van der Waals surface area contributed by atoms with Gasteiger partial charge in [0.1, 0.15) is 5.82 Å². The number of pyridine rings is 2. The number of thiophene rings is 1. The number of halogens is 1. The topological polar surface area (TPSA) is 25.8 Å². The molecule has 45 heavy (non-hydrogen) atoms. The van der Waals surface area contributed by atoms with Crippen LogP contribution in [-0.4, -0.2) is 23.2 Å². The van der Waals surface area contributed by atoms with Crippen LogP contribution < -0.4 is 4.40 Å². The van der Waals surface area contributed by atoms with E-state index < -0.39 is 19.2 Å². The van der Waals surface area contributed by atoms with E-state index in [1.165, 1.54) is 16.0 Å². The molecule has 7 aromatic rings. The zero-order chi connectivity index (χ0) is 31.9. The summed E-state index contributed by atoms with van der Waals surface area (Å²) in [7, 11) is 0. The van der Waals surface area contributed by atoms with E-state index in [2.05, 4.69) is 76.8 Å². The van der Waals surface area contributed by atoms with E-state index in [0.29, 0.717) is 0 Å². The molecule has 0 aliphatic rings. The molecule has 0 aliphatic carbocycles. The Kier molecular flexibility index (Phi) is 9.63. The number of nitrogens with zero attached hydrogens (tertiary/aromatic N) is 2. The molecule has 3 aromatic heterocycles. The maximum absolute atomic E-state index is 13.6. The summed E-state index contributed by atoms with van der Waals surface area (Å²) < 4.78 is 25.7. The minimum absolute atomic E-state index is 0. The molecule has 0 aliphatic heterocycles. The Hall–Kier alpha value is -3.22. The van der Waals surface area contributed by atoms with Crippen LogP contribution in [0.15, 0.2) is 97.3 Å². The van der Waals surface area contributed by atoms with Gasteiger partial charge in [0.25, 0.3) is 0 Å². The van der Waals surface area contributed by atoms with Crippen molar-refractivity contribution in [2.24, 2.45) is 0 Å². The van der Waals surface area contributed by atoms with E-state index in [-0.39, 0.29) is 25.9 Å². The third kappa shape index (κ3) is 6.97. The van der Waals surface area contributed by atoms with Gasteiger partial charge in [0.15, 0.2) is 0 Å². The molecule has 6 heteroatoms. The first-order valence-electron chi connectivity index (χ1n) is 15.3. The standard InChI is InChI=1S/C24H17FNS.C15H18GeN.Ir/c1-14(2)15-10-11-26-22(13-15)21-5-3-4-19-20-8-6-16-12-17(25)7-9-18(16)23(20)27-24(19)21;1-12-10-15(13-8-6-5-7-9-13)17-11-14(12)16(2,3)4;/h3-4,6-14H,1-2H3;5-8,10-11H,1-4H3;/q2*-1;/i14D;;. The van der Waals surface area contributed by atoms with Gasteiger partial charge in [-0.05, 0) is 50.6 Å². The van der Waals surface area contributed by atoms with E-state index in [9.17, 15) is 4.39 Å². The molecule has 2 nitrogen and oxygen atoms in total. The van der Waals surface area contributed by atoms with Gasteiger partial charge in [-0.25, -0.2) is 4.39 Å². The van der Waals surface area contributed by atoms with Gasteiger partial charge in [-0.1, -0.05) is 49.1 Å². The second kappa shape index (κ2) is 13.6. The fraction of sp³-hybridized carbons (Fsp3) is 0.179. The van der Waals surface area contributed by atoms with Crippen LogP contribution in [0.2, 0.25) is 17.3 Å². The summed E-state index contributed by atoms with van der Waals surface area (Å²) in [6.07, 6.45) is 3.84. The van der Waals surface area contributed by atoms with Crippen molar-refractivity contribution in [1.29, 1.82) is 0 Å². The van der Waals surface area contributed by atoms with E-state index in [1.54, 1.807) is 23.6 Å². The fourth-order valence-electron chi connectivity index (χ4n) is 5.61. The molecule has 0 amide bonds. The second-order valence-electron chi connectivity index (χ2n) is 12.3. The van der Waals surface area contributed by atoms with Crippen molar-refractivity contribution >= 4 is 59.9 Å². The first-order valence-corrected chi connectivity index (χ1v) is 22.9. The maximum atomic E-state index is 13.6. The van der Waals surface area contributed by atoms with Gasteiger partial charge in [0, 0.05) is 32.4 Å². The molecule has 0 atom stereocenters. The Balaban J connectivity index is 0.000000200. The minimum atomic E-state index is -1.77. The number of fused-ring (bicyclic) bond motifs is 5. The molecule has 7 rings (SSSR count). The predicted octanol–water partition coefficient (Wildman–Crippen LogP) is 10.7. The van der Waals surface area contributed by atoms with Crippen molar-refractivity contribution in [1.82, 2.24) is 9.97 Å². The number of aryl methyl sites for hydroxylation is 1. The van der Waals surface area contributed by atoms with Crippen molar-refractivity contribution in [3.63, 3.8) is 0 Å². The molecule has 4 aromatic carbocycles. The van der Waals surface area contributed by atoms with Crippen molar-refractivity contribution in [2.75, 3.05) is 0 Å². The molecule has 229 valence electrons. The summed E-state index contributed by atoms with van der Waals surface area (Å²) in [5.74, 6) is 6.29. The van der Waals surface area contributed by atoms with Gasteiger partial charge >= 0.3 is 106 Å². The van der Waals surface area contributed by atoms with Gasteiger partial charge in [0.2, 0.25) is 0 Å². The Bertz CT molecular complexity index is 2170. The number of hydrogen-bond donors (Lipinski definition) is 0. The molecule has 0 bridgehead atoms. The first kappa shape index (κ1) is 31.8. The van der Waals surface area contributed by atoms with Crippen molar-refractivity contribution < 1.29 is 25.9 Å². The summed E-state index contributed by atoms with van der Waals surface area (Å²) in [5.41, 5.74) is 6.16. The van der Waals surface area contributed by atoms with Gasteiger partial charge in [-0.15, -0.1) is 23.8 Å². The molecular weight excluding hydrogens is 812 g/mol. The molecule has 0 saturated heterocycles. The van der Waals surface area contributed by atoms with Crippen LogP contribution >= 0.6 is 11.3 Å². The van der Waals surface area contributed by atoms with Gasteiger partial charge in [-0.2, -0.15) is 11.3 Å². The molecule has 0 N–H and O–H groups in total. The molecule has 1 radical (unpaired) electrons. The van der Waals surface area contributed by atoms with E-state index in [1.807, 2.05) is 62.4 Å². The van der Waals surface area contributed by atoms with Gasteiger partial charge < -0.3 is 4.98 Å². The fourth-order valence-corrected chi connectivity index (χ4v) is 10.5.